The summed E-state index contributed by atoms with van der Waals surface area (Å²) in [5.74, 6) is -0.323. The van der Waals surface area contributed by atoms with E-state index >= 15 is 0 Å². The first-order valence-electron chi connectivity index (χ1n) is 9.92. The number of benzene rings is 1. The van der Waals surface area contributed by atoms with E-state index in [1.165, 1.54) is 10.4 Å². The zero-order valence-corrected chi connectivity index (χ0v) is 17.1. The number of anilines is 1. The van der Waals surface area contributed by atoms with Gasteiger partial charge in [-0.2, -0.15) is 4.31 Å². The highest BCUT2D eigenvalue weighted by atomic mass is 32.2. The molecular weight excluding hydrogens is 399 g/mol. The molecule has 0 bridgehead atoms. The van der Waals surface area contributed by atoms with Crippen LogP contribution >= 0.6 is 0 Å². The number of aromatic amines is 1. The van der Waals surface area contributed by atoms with Crippen LogP contribution in [-0.2, 0) is 16.6 Å². The maximum absolute atomic E-state index is 14.8. The van der Waals surface area contributed by atoms with Gasteiger partial charge in [-0.1, -0.05) is 6.07 Å². The molecule has 0 spiro atoms. The lowest BCUT2D eigenvalue weighted by molar-refractivity contribution is 0.293. The fourth-order valence-electron chi connectivity index (χ4n) is 4.18. The average Bonchev–Trinajstić information content (AvgIpc) is 3.12. The van der Waals surface area contributed by atoms with E-state index in [-0.39, 0.29) is 24.3 Å². The Morgan fingerprint density at radius 3 is 2.66 bits per heavy atom. The molecule has 10 heteroatoms. The van der Waals surface area contributed by atoms with Gasteiger partial charge in [0.15, 0.2) is 0 Å². The van der Waals surface area contributed by atoms with Crippen LogP contribution in [0, 0.1) is 5.82 Å². The lowest BCUT2D eigenvalue weighted by Gasteiger charge is -2.33. The van der Waals surface area contributed by atoms with Crippen LogP contribution < -0.4 is 10.7 Å². The predicted octanol–water partition coefficient (Wildman–Crippen LogP) is 2.20. The second-order valence-electron chi connectivity index (χ2n) is 7.84. The Bertz CT molecular complexity index is 1030. The summed E-state index contributed by atoms with van der Waals surface area (Å²) in [4.78, 5) is 13.2. The van der Waals surface area contributed by atoms with Gasteiger partial charge in [-0.25, -0.2) is 22.7 Å². The fourth-order valence-corrected chi connectivity index (χ4v) is 5.94. The van der Waals surface area contributed by atoms with E-state index < -0.39 is 21.6 Å². The van der Waals surface area contributed by atoms with Crippen LogP contribution in [0.3, 0.4) is 0 Å². The van der Waals surface area contributed by atoms with Crippen molar-refractivity contribution in [1.29, 1.82) is 0 Å². The van der Waals surface area contributed by atoms with Crippen molar-refractivity contribution in [2.24, 2.45) is 0 Å². The highest BCUT2D eigenvalue weighted by Crippen LogP contribution is 2.30. The molecule has 0 aliphatic carbocycles. The van der Waals surface area contributed by atoms with Gasteiger partial charge in [-0.3, -0.25) is 0 Å². The van der Waals surface area contributed by atoms with Gasteiger partial charge in [0, 0.05) is 42.8 Å². The number of nitrogens with zero attached hydrogens (tertiary/aromatic N) is 3. The van der Waals surface area contributed by atoms with E-state index in [1.807, 2.05) is 13.0 Å². The largest absolute Gasteiger partial charge is 0.434 e. The lowest BCUT2D eigenvalue weighted by Crippen LogP contribution is -2.43. The smallest absolute Gasteiger partial charge is 0.392 e. The molecule has 1 atom stereocenters. The van der Waals surface area contributed by atoms with Crippen molar-refractivity contribution in [3.05, 3.63) is 46.0 Å². The molecule has 4 rings (SSSR count). The van der Waals surface area contributed by atoms with Crippen molar-refractivity contribution < 1.29 is 17.2 Å². The number of piperidine rings is 1. The quantitative estimate of drug-likeness (QED) is 0.808. The number of halogens is 1. The van der Waals surface area contributed by atoms with E-state index in [4.69, 9.17) is 4.42 Å². The standard InChI is InChI=1S/C19H25FN4O4S/c1-13-3-2-10-29(26,27)24(13)12-15-4-5-16(11-17(15)20)23-8-6-14(7-9-23)18-21-22-19(25)28-18/h4-5,11,13-14H,2-3,6-10,12H2,1H3,(H,22,25). The molecule has 1 N–H and O–H groups in total. The van der Waals surface area contributed by atoms with Crippen LogP contribution in [0.2, 0.25) is 0 Å². The summed E-state index contributed by atoms with van der Waals surface area (Å²) >= 11 is 0. The average molecular weight is 424 g/mol. The zero-order chi connectivity index (χ0) is 20.6. The first-order valence-corrected chi connectivity index (χ1v) is 11.5. The molecule has 0 radical (unpaired) electrons. The molecule has 2 aliphatic rings. The number of nitrogens with one attached hydrogen (secondary N) is 1. The summed E-state index contributed by atoms with van der Waals surface area (Å²) in [5, 5.41) is 6.18. The third-order valence-electron chi connectivity index (χ3n) is 5.90. The Morgan fingerprint density at radius 1 is 1.28 bits per heavy atom. The van der Waals surface area contributed by atoms with Crippen LogP contribution in [-0.4, -0.2) is 47.8 Å². The minimum Gasteiger partial charge on any atom is -0.392 e. The highest BCUT2D eigenvalue weighted by molar-refractivity contribution is 7.89. The van der Waals surface area contributed by atoms with Gasteiger partial charge in [-0.15, -0.1) is 5.10 Å². The SMILES string of the molecule is CC1CCCS(=O)(=O)N1Cc1ccc(N2CCC(c3n[nH]c(=O)o3)CC2)cc1F. The highest BCUT2D eigenvalue weighted by Gasteiger charge is 2.32. The maximum atomic E-state index is 14.8. The summed E-state index contributed by atoms with van der Waals surface area (Å²) < 4.78 is 45.9. The van der Waals surface area contributed by atoms with Crippen molar-refractivity contribution >= 4 is 15.7 Å². The van der Waals surface area contributed by atoms with Crippen molar-refractivity contribution in [3.63, 3.8) is 0 Å². The molecule has 2 aromatic rings. The molecule has 1 aromatic carbocycles. The molecule has 0 saturated carbocycles. The van der Waals surface area contributed by atoms with E-state index in [1.54, 1.807) is 6.07 Å². The molecule has 8 nitrogen and oxygen atoms in total. The number of aromatic nitrogens is 2. The fraction of sp³-hybridized carbons (Fsp3) is 0.579. The molecule has 29 heavy (non-hydrogen) atoms. The van der Waals surface area contributed by atoms with Gasteiger partial charge >= 0.3 is 5.76 Å². The van der Waals surface area contributed by atoms with Crippen LogP contribution in [0.15, 0.2) is 27.4 Å². The van der Waals surface area contributed by atoms with Gasteiger partial charge in [0.2, 0.25) is 15.9 Å². The second-order valence-corrected chi connectivity index (χ2v) is 9.88. The van der Waals surface area contributed by atoms with Crippen LogP contribution in [0.25, 0.3) is 0 Å². The summed E-state index contributed by atoms with van der Waals surface area (Å²) in [7, 11) is -3.33. The van der Waals surface area contributed by atoms with E-state index in [2.05, 4.69) is 15.1 Å². The first-order chi connectivity index (χ1) is 13.8. The minimum absolute atomic E-state index is 0.0654. The van der Waals surface area contributed by atoms with Crippen molar-refractivity contribution in [2.75, 3.05) is 23.7 Å². The molecule has 1 aromatic heterocycles. The first kappa shape index (κ1) is 20.1. The number of hydrogen-bond acceptors (Lipinski definition) is 6. The summed E-state index contributed by atoms with van der Waals surface area (Å²) in [5.41, 5.74) is 1.15. The minimum atomic E-state index is -3.33. The van der Waals surface area contributed by atoms with Crippen molar-refractivity contribution in [3.8, 4) is 0 Å². The Labute approximate surface area is 168 Å². The Balaban J connectivity index is 1.43. The monoisotopic (exact) mass is 424 g/mol. The number of hydrogen-bond donors (Lipinski definition) is 1. The summed E-state index contributed by atoms with van der Waals surface area (Å²) in [6.07, 6.45) is 2.95. The van der Waals surface area contributed by atoms with Gasteiger partial charge in [0.05, 0.1) is 5.75 Å². The molecule has 2 fully saturated rings. The third-order valence-corrected chi connectivity index (χ3v) is 7.91. The molecule has 2 aliphatic heterocycles. The topological polar surface area (TPSA) is 99.5 Å². The molecule has 2 saturated heterocycles. The summed E-state index contributed by atoms with van der Waals surface area (Å²) in [6.45, 7) is 3.32. The molecule has 3 heterocycles. The van der Waals surface area contributed by atoms with Gasteiger partial charge < -0.3 is 9.32 Å². The molecule has 1 unspecified atom stereocenters. The zero-order valence-electron chi connectivity index (χ0n) is 16.3. The van der Waals surface area contributed by atoms with E-state index in [9.17, 15) is 17.6 Å². The number of rotatable bonds is 4. The Hall–Kier alpha value is -2.20. The van der Waals surface area contributed by atoms with Gasteiger partial charge in [0.25, 0.3) is 0 Å². The second kappa shape index (κ2) is 7.91. The van der Waals surface area contributed by atoms with Gasteiger partial charge in [0.1, 0.15) is 5.82 Å². The van der Waals surface area contributed by atoms with E-state index in [0.29, 0.717) is 31.0 Å². The molecule has 0 amide bonds. The maximum Gasteiger partial charge on any atom is 0.434 e. The van der Waals surface area contributed by atoms with Gasteiger partial charge in [-0.05, 0) is 44.7 Å². The van der Waals surface area contributed by atoms with Crippen LogP contribution in [0.4, 0.5) is 10.1 Å². The van der Waals surface area contributed by atoms with Crippen molar-refractivity contribution in [2.45, 2.75) is 51.1 Å². The predicted molar refractivity (Wildman–Crippen MR) is 106 cm³/mol. The van der Waals surface area contributed by atoms with Crippen molar-refractivity contribution in [1.82, 2.24) is 14.5 Å². The number of sulfonamides is 1. The van der Waals surface area contributed by atoms with Crippen LogP contribution in [0.1, 0.15) is 50.0 Å². The normalized spacial score (nSPS) is 23.4. The lowest BCUT2D eigenvalue weighted by atomic mass is 9.96. The summed E-state index contributed by atoms with van der Waals surface area (Å²) in [6, 6.07) is 4.88. The Morgan fingerprint density at radius 2 is 2.03 bits per heavy atom. The Kier molecular flexibility index (Phi) is 5.48. The molecular formula is C19H25FN4O4S. The van der Waals surface area contributed by atoms with E-state index in [0.717, 1.165) is 24.9 Å². The van der Waals surface area contributed by atoms with Crippen LogP contribution in [0.5, 0.6) is 0 Å². The third kappa shape index (κ3) is 4.23. The number of H-pyrrole nitrogens is 1. The molecule has 158 valence electrons.